The molecule has 0 aliphatic heterocycles. The monoisotopic (exact) mass is 533 g/mol. The smallest absolute Gasteiger partial charge is 0.217 e. The van der Waals surface area contributed by atoms with Crippen LogP contribution in [0, 0.1) is 53.3 Å². The highest BCUT2D eigenvalue weighted by atomic mass is 35.5. The highest BCUT2D eigenvalue weighted by Gasteiger charge is 2.65. The van der Waals surface area contributed by atoms with Gasteiger partial charge in [-0.15, -0.1) is 0 Å². The molecule has 0 saturated heterocycles. The largest absolute Gasteiger partial charge is 0.393 e. The molecule has 37 heavy (non-hydrogen) atoms. The summed E-state index contributed by atoms with van der Waals surface area (Å²) in [5.74, 6) is 1.72. The van der Waals surface area contributed by atoms with Crippen LogP contribution in [-0.2, 0) is 4.79 Å². The lowest BCUT2D eigenvalue weighted by atomic mass is 9.43. The molecule has 0 spiro atoms. The van der Waals surface area contributed by atoms with E-state index < -0.39 is 0 Å². The van der Waals surface area contributed by atoms with Gasteiger partial charge in [-0.05, 0) is 117 Å². The maximum atomic E-state index is 11.5. The van der Waals surface area contributed by atoms with Gasteiger partial charge in [0.2, 0.25) is 5.91 Å². The highest BCUT2D eigenvalue weighted by molar-refractivity contribution is 6.30. The van der Waals surface area contributed by atoms with Crippen molar-refractivity contribution in [3.05, 3.63) is 34.9 Å². The zero-order chi connectivity index (χ0) is 27.1. The van der Waals surface area contributed by atoms with Crippen molar-refractivity contribution in [2.75, 3.05) is 0 Å². The molecule has 1 aromatic rings. The number of aliphatic hydroxyl groups excluding tert-OH is 3. The third kappa shape index (κ3) is 5.48. The number of fused-ring (bicyclic) bond motifs is 5. The molecule has 5 N–H and O–H groups in total. The van der Waals surface area contributed by atoms with E-state index >= 15 is 0 Å². The maximum Gasteiger partial charge on any atom is 0.217 e. The molecule has 5 nitrogen and oxygen atoms in total. The van der Waals surface area contributed by atoms with Crippen LogP contribution in [0.25, 0.3) is 0 Å². The molecular weight excluding hydrogens is 486 g/mol. The average molecular weight is 534 g/mol. The number of primary amides is 1. The number of benzene rings is 1. The predicted molar refractivity (Wildman–Crippen MR) is 148 cm³/mol. The summed E-state index contributed by atoms with van der Waals surface area (Å²) in [6.07, 6.45) is 6.56. The average Bonchev–Trinajstić information content (AvgIpc) is 3.20. The molecule has 1 aromatic carbocycles. The molecule has 0 heterocycles. The van der Waals surface area contributed by atoms with Gasteiger partial charge in [-0.2, -0.15) is 0 Å². The van der Waals surface area contributed by atoms with Gasteiger partial charge in [-0.25, -0.2) is 0 Å². The molecule has 208 valence electrons. The third-order valence-corrected chi connectivity index (χ3v) is 11.6. The molecule has 4 fully saturated rings. The fourth-order valence-corrected chi connectivity index (χ4v) is 9.36. The lowest BCUT2D eigenvalue weighted by molar-refractivity contribution is -0.207. The van der Waals surface area contributed by atoms with E-state index in [4.69, 9.17) is 17.3 Å². The minimum absolute atomic E-state index is 0.112. The molecule has 4 aliphatic rings. The Hall–Kier alpha value is -1.14. The van der Waals surface area contributed by atoms with Gasteiger partial charge in [0.15, 0.2) is 0 Å². The standard InChI is InChI=1S/C24H41NO4.C7H7Cl/c1-13(4-7-21(25)29)16-5-6-17-22-18(12-20(28)24(16,17)3)23(2)9-8-15(26)10-14(23)11-19(22)27;1-6-2-4-7(8)5-3-6/h13-20,22,26-28H,4-12H2,1-3H3,(H2,25,29);2-5H,1H3/t13-,14+,15-,16-,17+,18+,19-,20+,22+,23+,24-;/m1./s1. The Bertz CT molecular complexity index is 919. The van der Waals surface area contributed by atoms with Gasteiger partial charge in [0.05, 0.1) is 18.3 Å². The van der Waals surface area contributed by atoms with Crippen LogP contribution in [0.1, 0.15) is 84.1 Å². The van der Waals surface area contributed by atoms with Crippen LogP contribution in [0.5, 0.6) is 0 Å². The molecule has 11 atom stereocenters. The van der Waals surface area contributed by atoms with E-state index in [2.05, 4.69) is 20.8 Å². The SMILES string of the molecule is C[C@H](CCC(N)=O)[C@H]1CC[C@H]2[C@@H]3[C@H](O)C[C@@H]4C[C@H](O)CC[C@]4(C)[C@H]3C[C@H](O)[C@]12C.Cc1ccc(Cl)cc1. The number of rotatable bonds is 4. The number of aliphatic hydroxyl groups is 3. The number of carbonyl (C=O) groups excluding carboxylic acids is 1. The third-order valence-electron chi connectivity index (χ3n) is 11.4. The van der Waals surface area contributed by atoms with Crippen LogP contribution in [-0.4, -0.2) is 39.5 Å². The van der Waals surface area contributed by atoms with Crippen molar-refractivity contribution in [2.24, 2.45) is 52.1 Å². The first-order valence-electron chi connectivity index (χ1n) is 14.4. The number of amides is 1. The Balaban J connectivity index is 0.000000342. The van der Waals surface area contributed by atoms with Gasteiger partial charge in [0, 0.05) is 11.4 Å². The second-order valence-electron chi connectivity index (χ2n) is 13.3. The van der Waals surface area contributed by atoms with E-state index in [1.54, 1.807) is 0 Å². The first kappa shape index (κ1) is 28.9. The second-order valence-corrected chi connectivity index (χ2v) is 13.7. The minimum atomic E-state index is -0.369. The van der Waals surface area contributed by atoms with Crippen molar-refractivity contribution >= 4 is 17.5 Å². The van der Waals surface area contributed by atoms with Crippen molar-refractivity contribution in [1.29, 1.82) is 0 Å². The number of nitrogens with two attached hydrogens (primary N) is 1. The second kappa shape index (κ2) is 11.2. The van der Waals surface area contributed by atoms with Gasteiger partial charge in [-0.3, -0.25) is 4.79 Å². The molecular formula is C31H48ClNO4. The van der Waals surface area contributed by atoms with Gasteiger partial charge >= 0.3 is 0 Å². The quantitative estimate of drug-likeness (QED) is 0.410. The van der Waals surface area contributed by atoms with Crippen LogP contribution in [0.3, 0.4) is 0 Å². The van der Waals surface area contributed by atoms with E-state index in [1.165, 1.54) is 5.56 Å². The molecule has 4 saturated carbocycles. The normalized spacial score (nSPS) is 43.5. The van der Waals surface area contributed by atoms with E-state index in [9.17, 15) is 20.1 Å². The Morgan fingerprint density at radius 3 is 2.35 bits per heavy atom. The summed E-state index contributed by atoms with van der Waals surface area (Å²) >= 11 is 5.61. The molecule has 6 heteroatoms. The van der Waals surface area contributed by atoms with Crippen LogP contribution in [0.15, 0.2) is 24.3 Å². The van der Waals surface area contributed by atoms with Crippen LogP contribution in [0.2, 0.25) is 5.02 Å². The van der Waals surface area contributed by atoms with Gasteiger partial charge in [-0.1, -0.05) is 50.1 Å². The molecule has 0 bridgehead atoms. The summed E-state index contributed by atoms with van der Waals surface area (Å²) in [4.78, 5) is 11.3. The lowest BCUT2D eigenvalue weighted by Crippen LogP contribution is -2.62. The molecule has 0 radical (unpaired) electrons. The van der Waals surface area contributed by atoms with Gasteiger partial charge in [0.1, 0.15) is 0 Å². The summed E-state index contributed by atoms with van der Waals surface area (Å²) in [5, 5.41) is 33.8. The van der Waals surface area contributed by atoms with E-state index in [0.717, 1.165) is 56.4 Å². The maximum absolute atomic E-state index is 11.5. The van der Waals surface area contributed by atoms with E-state index in [-0.39, 0.29) is 41.0 Å². The lowest BCUT2D eigenvalue weighted by Gasteiger charge is -2.63. The van der Waals surface area contributed by atoms with E-state index in [0.29, 0.717) is 36.0 Å². The zero-order valence-corrected chi connectivity index (χ0v) is 23.8. The number of halogens is 1. The topological polar surface area (TPSA) is 104 Å². The highest BCUT2D eigenvalue weighted by Crippen LogP contribution is 2.68. The summed E-state index contributed by atoms with van der Waals surface area (Å²) in [6, 6.07) is 7.75. The summed E-state index contributed by atoms with van der Waals surface area (Å²) < 4.78 is 0. The van der Waals surface area contributed by atoms with Crippen molar-refractivity contribution in [3.63, 3.8) is 0 Å². The number of hydrogen-bond acceptors (Lipinski definition) is 4. The van der Waals surface area contributed by atoms with Gasteiger partial charge in [0.25, 0.3) is 0 Å². The number of hydrogen-bond donors (Lipinski definition) is 4. The Morgan fingerprint density at radius 2 is 1.73 bits per heavy atom. The van der Waals surface area contributed by atoms with Crippen molar-refractivity contribution < 1.29 is 20.1 Å². The number of carbonyl (C=O) groups is 1. The molecule has 5 rings (SSSR count). The first-order chi connectivity index (χ1) is 17.4. The van der Waals surface area contributed by atoms with Crippen LogP contribution in [0.4, 0.5) is 0 Å². The fraction of sp³-hybridized carbons (Fsp3) is 0.774. The molecule has 4 aliphatic carbocycles. The van der Waals surface area contributed by atoms with Crippen molar-refractivity contribution in [1.82, 2.24) is 0 Å². The number of aryl methyl sites for hydroxylation is 1. The zero-order valence-electron chi connectivity index (χ0n) is 23.1. The Morgan fingerprint density at radius 1 is 1.05 bits per heavy atom. The van der Waals surface area contributed by atoms with Crippen LogP contribution >= 0.6 is 11.6 Å². The minimum Gasteiger partial charge on any atom is -0.393 e. The van der Waals surface area contributed by atoms with Crippen LogP contribution < -0.4 is 5.73 Å². The predicted octanol–water partition coefficient (Wildman–Crippen LogP) is 5.50. The van der Waals surface area contributed by atoms with Crippen molar-refractivity contribution in [3.8, 4) is 0 Å². The summed E-state index contributed by atoms with van der Waals surface area (Å²) in [6.45, 7) is 8.86. The summed E-state index contributed by atoms with van der Waals surface area (Å²) in [5.41, 5.74) is 6.54. The Kier molecular flexibility index (Phi) is 8.70. The fourth-order valence-electron chi connectivity index (χ4n) is 9.24. The van der Waals surface area contributed by atoms with Crippen molar-refractivity contribution in [2.45, 2.75) is 104 Å². The summed E-state index contributed by atoms with van der Waals surface area (Å²) in [7, 11) is 0. The molecule has 0 unspecified atom stereocenters. The molecule has 0 aromatic heterocycles. The molecule has 1 amide bonds. The van der Waals surface area contributed by atoms with Gasteiger partial charge < -0.3 is 21.1 Å². The van der Waals surface area contributed by atoms with E-state index in [1.807, 2.05) is 31.2 Å². The first-order valence-corrected chi connectivity index (χ1v) is 14.8. The Labute approximate surface area is 228 Å².